The lowest BCUT2D eigenvalue weighted by molar-refractivity contribution is 0.144. The Morgan fingerprint density at radius 2 is 2.50 bits per heavy atom. The molecular formula is C5H10N4O. The topological polar surface area (TPSA) is 63.8 Å². The van der Waals surface area contributed by atoms with E-state index in [0.717, 1.165) is 6.42 Å². The third kappa shape index (κ3) is 1.77. The fourth-order valence-corrected chi connectivity index (χ4v) is 0.609. The Morgan fingerprint density at radius 3 is 3.00 bits per heavy atom. The van der Waals surface area contributed by atoms with Gasteiger partial charge in [0.1, 0.15) is 6.33 Å². The van der Waals surface area contributed by atoms with Gasteiger partial charge in [-0.15, -0.1) is 5.10 Å². The molecule has 56 valence electrons. The van der Waals surface area contributed by atoms with Crippen LogP contribution in [-0.4, -0.2) is 31.4 Å². The molecule has 5 heteroatoms. The Bertz CT molecular complexity index is 174. The molecule has 0 spiro atoms. The van der Waals surface area contributed by atoms with Crippen molar-refractivity contribution in [1.29, 1.82) is 0 Å². The van der Waals surface area contributed by atoms with E-state index in [1.807, 2.05) is 6.92 Å². The molecule has 10 heavy (non-hydrogen) atoms. The molecule has 0 fully saturated rings. The highest BCUT2D eigenvalue weighted by Crippen LogP contribution is 1.91. The zero-order chi connectivity index (χ0) is 7.40. The normalized spacial score (nSPS) is 13.4. The van der Waals surface area contributed by atoms with E-state index in [1.165, 1.54) is 11.0 Å². The van der Waals surface area contributed by atoms with Crippen molar-refractivity contribution in [2.24, 2.45) is 0 Å². The number of hydrogen-bond donors (Lipinski definition) is 1. The first kappa shape index (κ1) is 7.14. The van der Waals surface area contributed by atoms with E-state index < -0.39 is 0 Å². The minimum atomic E-state index is -0.344. The summed E-state index contributed by atoms with van der Waals surface area (Å²) in [5, 5.41) is 19.6. The van der Waals surface area contributed by atoms with Crippen LogP contribution in [0.3, 0.4) is 0 Å². The van der Waals surface area contributed by atoms with Gasteiger partial charge < -0.3 is 5.11 Å². The van der Waals surface area contributed by atoms with Gasteiger partial charge in [0.15, 0.2) is 0 Å². The molecule has 0 saturated carbocycles. The second-order valence-electron chi connectivity index (χ2n) is 2.09. The molecule has 0 bridgehead atoms. The summed E-state index contributed by atoms with van der Waals surface area (Å²) in [5.74, 6) is 0. The van der Waals surface area contributed by atoms with E-state index in [0.29, 0.717) is 6.54 Å². The SMILES string of the molecule is CCC(O)Cn1cnnn1. The fourth-order valence-electron chi connectivity index (χ4n) is 0.609. The molecule has 1 aromatic rings. The first-order valence-corrected chi connectivity index (χ1v) is 3.21. The maximum atomic E-state index is 9.11. The van der Waals surface area contributed by atoms with Crippen LogP contribution in [-0.2, 0) is 6.54 Å². The lowest BCUT2D eigenvalue weighted by Crippen LogP contribution is -2.15. The van der Waals surface area contributed by atoms with Crippen LogP contribution in [0, 0.1) is 0 Å². The van der Waals surface area contributed by atoms with Gasteiger partial charge in [0.05, 0.1) is 12.6 Å². The summed E-state index contributed by atoms with van der Waals surface area (Å²) < 4.78 is 1.51. The molecule has 1 N–H and O–H groups in total. The largest absolute Gasteiger partial charge is 0.391 e. The third-order valence-electron chi connectivity index (χ3n) is 1.26. The Balaban J connectivity index is 2.40. The van der Waals surface area contributed by atoms with Crippen LogP contribution in [0.5, 0.6) is 0 Å². The number of aliphatic hydroxyl groups is 1. The van der Waals surface area contributed by atoms with E-state index in [1.54, 1.807) is 0 Å². The molecule has 1 rings (SSSR count). The van der Waals surface area contributed by atoms with Gasteiger partial charge in [-0.1, -0.05) is 6.92 Å². The van der Waals surface area contributed by atoms with Gasteiger partial charge in [0, 0.05) is 0 Å². The Labute approximate surface area is 58.7 Å². The predicted molar refractivity (Wildman–Crippen MR) is 34.1 cm³/mol. The molecule has 0 aliphatic carbocycles. The number of hydrogen-bond acceptors (Lipinski definition) is 4. The van der Waals surface area contributed by atoms with Gasteiger partial charge in [-0.05, 0) is 16.8 Å². The van der Waals surface area contributed by atoms with Crippen LogP contribution in [0.25, 0.3) is 0 Å². The van der Waals surface area contributed by atoms with Crippen LogP contribution in [0.2, 0.25) is 0 Å². The summed E-state index contributed by atoms with van der Waals surface area (Å²) >= 11 is 0. The minimum Gasteiger partial charge on any atom is -0.391 e. The van der Waals surface area contributed by atoms with Gasteiger partial charge in [-0.2, -0.15) is 0 Å². The summed E-state index contributed by atoms with van der Waals surface area (Å²) in [6, 6.07) is 0. The zero-order valence-corrected chi connectivity index (χ0v) is 5.80. The maximum Gasteiger partial charge on any atom is 0.138 e. The van der Waals surface area contributed by atoms with E-state index in [-0.39, 0.29) is 6.10 Å². The van der Waals surface area contributed by atoms with Gasteiger partial charge >= 0.3 is 0 Å². The molecule has 0 aromatic carbocycles. The van der Waals surface area contributed by atoms with E-state index in [4.69, 9.17) is 5.11 Å². The van der Waals surface area contributed by atoms with Crippen LogP contribution < -0.4 is 0 Å². The van der Waals surface area contributed by atoms with Gasteiger partial charge in [0.25, 0.3) is 0 Å². The van der Waals surface area contributed by atoms with E-state index in [9.17, 15) is 0 Å². The van der Waals surface area contributed by atoms with Crippen molar-refractivity contribution in [3.05, 3.63) is 6.33 Å². The molecule has 1 aromatic heterocycles. The first-order valence-electron chi connectivity index (χ1n) is 3.21. The van der Waals surface area contributed by atoms with Gasteiger partial charge in [-0.3, -0.25) is 0 Å². The van der Waals surface area contributed by atoms with Crippen molar-refractivity contribution < 1.29 is 5.11 Å². The summed E-state index contributed by atoms with van der Waals surface area (Å²) in [7, 11) is 0. The highest BCUT2D eigenvalue weighted by molar-refractivity contribution is 4.53. The van der Waals surface area contributed by atoms with Crippen molar-refractivity contribution in [2.75, 3.05) is 0 Å². The second kappa shape index (κ2) is 3.26. The number of aliphatic hydroxyl groups excluding tert-OH is 1. The molecular weight excluding hydrogens is 132 g/mol. The van der Waals surface area contributed by atoms with Crippen molar-refractivity contribution in [1.82, 2.24) is 20.2 Å². The van der Waals surface area contributed by atoms with Gasteiger partial charge in [0.2, 0.25) is 0 Å². The highest BCUT2D eigenvalue weighted by atomic mass is 16.3. The van der Waals surface area contributed by atoms with Crippen LogP contribution in [0.15, 0.2) is 6.33 Å². The Hall–Kier alpha value is -0.970. The molecule has 0 radical (unpaired) electrons. The summed E-state index contributed by atoms with van der Waals surface area (Å²) in [5.41, 5.74) is 0. The molecule has 0 aliphatic heterocycles. The lowest BCUT2D eigenvalue weighted by Gasteiger charge is -2.04. The molecule has 1 unspecified atom stereocenters. The number of rotatable bonds is 3. The highest BCUT2D eigenvalue weighted by Gasteiger charge is 2.01. The van der Waals surface area contributed by atoms with Crippen LogP contribution >= 0.6 is 0 Å². The van der Waals surface area contributed by atoms with Crippen LogP contribution in [0.4, 0.5) is 0 Å². The van der Waals surface area contributed by atoms with Crippen molar-refractivity contribution in [3.8, 4) is 0 Å². The molecule has 0 aliphatic rings. The third-order valence-corrected chi connectivity index (χ3v) is 1.26. The number of tetrazole rings is 1. The summed E-state index contributed by atoms with van der Waals surface area (Å²) in [6.45, 7) is 2.39. The maximum absolute atomic E-state index is 9.11. The molecule has 0 saturated heterocycles. The van der Waals surface area contributed by atoms with Gasteiger partial charge in [-0.25, -0.2) is 4.68 Å². The smallest absolute Gasteiger partial charge is 0.138 e. The van der Waals surface area contributed by atoms with E-state index in [2.05, 4.69) is 15.5 Å². The standard InChI is InChI=1S/C5H10N4O/c1-2-5(10)3-9-4-6-7-8-9/h4-5,10H,2-3H2,1H3. The zero-order valence-electron chi connectivity index (χ0n) is 5.80. The fraction of sp³-hybridized carbons (Fsp3) is 0.800. The monoisotopic (exact) mass is 142 g/mol. The average Bonchev–Trinajstić information content (AvgIpc) is 2.40. The quantitative estimate of drug-likeness (QED) is 0.614. The average molecular weight is 142 g/mol. The summed E-state index contributed by atoms with van der Waals surface area (Å²) in [4.78, 5) is 0. The Kier molecular flexibility index (Phi) is 2.33. The van der Waals surface area contributed by atoms with Crippen molar-refractivity contribution in [2.45, 2.75) is 26.0 Å². The molecule has 5 nitrogen and oxygen atoms in total. The second-order valence-corrected chi connectivity index (χ2v) is 2.09. The number of nitrogens with zero attached hydrogens (tertiary/aromatic N) is 4. The van der Waals surface area contributed by atoms with Crippen LogP contribution in [0.1, 0.15) is 13.3 Å². The minimum absolute atomic E-state index is 0.344. The lowest BCUT2D eigenvalue weighted by atomic mass is 10.3. The molecule has 1 heterocycles. The van der Waals surface area contributed by atoms with Crippen molar-refractivity contribution in [3.63, 3.8) is 0 Å². The number of aromatic nitrogens is 4. The summed E-state index contributed by atoms with van der Waals surface area (Å²) in [6.07, 6.45) is 1.86. The first-order chi connectivity index (χ1) is 4.83. The van der Waals surface area contributed by atoms with E-state index >= 15 is 0 Å². The molecule has 1 atom stereocenters. The molecule has 0 amide bonds. The Morgan fingerprint density at radius 1 is 1.70 bits per heavy atom. The predicted octanol–water partition coefficient (Wildman–Crippen LogP) is -0.556. The van der Waals surface area contributed by atoms with Crippen molar-refractivity contribution >= 4 is 0 Å².